The summed E-state index contributed by atoms with van der Waals surface area (Å²) in [5, 5.41) is 10.4. The maximum atomic E-state index is 10.4. The van der Waals surface area contributed by atoms with Gasteiger partial charge in [0.2, 0.25) is 0 Å². The zero-order valence-electron chi connectivity index (χ0n) is 13.6. The average Bonchev–Trinajstić information content (AvgIpc) is 2.39. The highest BCUT2D eigenvalue weighted by Crippen LogP contribution is 2.35. The summed E-state index contributed by atoms with van der Waals surface area (Å²) in [6.45, 7) is 12.3. The van der Waals surface area contributed by atoms with Crippen LogP contribution in [0.4, 0.5) is 0 Å². The molecule has 0 saturated carbocycles. The number of hydrogen-bond donors (Lipinski definition) is 1. The van der Waals surface area contributed by atoms with Gasteiger partial charge < -0.3 is 5.11 Å². The van der Waals surface area contributed by atoms with Crippen LogP contribution in [0, 0.1) is 0 Å². The van der Waals surface area contributed by atoms with Gasteiger partial charge in [-0.15, -0.1) is 6.58 Å². The molecule has 1 rings (SSSR count). The van der Waals surface area contributed by atoms with Gasteiger partial charge in [-0.1, -0.05) is 52.3 Å². The molecule has 0 spiro atoms. The third-order valence-corrected chi connectivity index (χ3v) is 3.85. The van der Waals surface area contributed by atoms with Crippen LogP contribution in [0.1, 0.15) is 81.9 Å². The third kappa shape index (κ3) is 4.70. The Labute approximate surface area is 124 Å². The van der Waals surface area contributed by atoms with E-state index in [0.717, 1.165) is 24.0 Å². The van der Waals surface area contributed by atoms with Gasteiger partial charge in [-0.2, -0.15) is 0 Å². The first kappa shape index (κ1) is 16.8. The van der Waals surface area contributed by atoms with Crippen molar-refractivity contribution in [3.05, 3.63) is 41.5 Å². The van der Waals surface area contributed by atoms with Crippen LogP contribution in [-0.4, -0.2) is 5.11 Å². The average molecular weight is 274 g/mol. The van der Waals surface area contributed by atoms with E-state index in [-0.39, 0.29) is 0 Å². The second-order valence-electron chi connectivity index (χ2n) is 6.32. The SMILES string of the molecule is C=CCCCCCc1cc(C(C)C)c(O)c(C(C)C)c1. The monoisotopic (exact) mass is 274 g/mol. The first-order chi connectivity index (χ1) is 9.47. The van der Waals surface area contributed by atoms with Crippen LogP contribution in [0.5, 0.6) is 5.75 Å². The molecule has 0 fully saturated rings. The summed E-state index contributed by atoms with van der Waals surface area (Å²) in [6.07, 6.45) is 7.92. The Kier molecular flexibility index (Phi) is 6.84. The number of phenols is 1. The molecule has 0 unspecified atom stereocenters. The van der Waals surface area contributed by atoms with E-state index >= 15 is 0 Å². The Bertz CT molecular complexity index is 400. The molecule has 112 valence electrons. The molecule has 0 bridgehead atoms. The number of rotatable bonds is 8. The van der Waals surface area contributed by atoms with Crippen LogP contribution >= 0.6 is 0 Å². The third-order valence-electron chi connectivity index (χ3n) is 3.85. The number of hydrogen-bond acceptors (Lipinski definition) is 1. The van der Waals surface area contributed by atoms with Crippen molar-refractivity contribution in [2.75, 3.05) is 0 Å². The van der Waals surface area contributed by atoms with Crippen molar-refractivity contribution >= 4 is 0 Å². The predicted molar refractivity (Wildman–Crippen MR) is 88.7 cm³/mol. The van der Waals surface area contributed by atoms with Gasteiger partial charge in [-0.05, 0) is 54.2 Å². The van der Waals surface area contributed by atoms with E-state index in [9.17, 15) is 5.11 Å². The number of allylic oxidation sites excluding steroid dienone is 1. The fourth-order valence-corrected chi connectivity index (χ4v) is 2.56. The standard InChI is InChI=1S/C19H30O/c1-6-7-8-9-10-11-16-12-17(14(2)3)19(20)18(13-16)15(4)5/h6,12-15,20H,1,7-11H2,2-5H3. The van der Waals surface area contributed by atoms with E-state index in [1.807, 2.05) is 6.08 Å². The molecule has 0 aliphatic carbocycles. The molecule has 1 heteroatoms. The largest absolute Gasteiger partial charge is 0.507 e. The lowest BCUT2D eigenvalue weighted by Crippen LogP contribution is -1.99. The van der Waals surface area contributed by atoms with Crippen LogP contribution in [-0.2, 0) is 6.42 Å². The van der Waals surface area contributed by atoms with Crippen molar-refractivity contribution in [1.82, 2.24) is 0 Å². The molecule has 1 N–H and O–H groups in total. The Balaban J connectivity index is 2.83. The van der Waals surface area contributed by atoms with Gasteiger partial charge in [-0.3, -0.25) is 0 Å². The number of phenolic OH excluding ortho intramolecular Hbond substituents is 1. The highest BCUT2D eigenvalue weighted by atomic mass is 16.3. The van der Waals surface area contributed by atoms with E-state index in [2.05, 4.69) is 46.4 Å². The van der Waals surface area contributed by atoms with Gasteiger partial charge in [0.05, 0.1) is 0 Å². The molecule has 1 aromatic rings. The lowest BCUT2D eigenvalue weighted by molar-refractivity contribution is 0.454. The molecule has 0 atom stereocenters. The second-order valence-corrected chi connectivity index (χ2v) is 6.32. The van der Waals surface area contributed by atoms with Crippen LogP contribution in [0.15, 0.2) is 24.8 Å². The first-order valence-corrected chi connectivity index (χ1v) is 7.94. The molecule has 0 amide bonds. The quantitative estimate of drug-likeness (QED) is 0.460. The topological polar surface area (TPSA) is 20.2 Å². The lowest BCUT2D eigenvalue weighted by Gasteiger charge is -2.17. The highest BCUT2D eigenvalue weighted by Gasteiger charge is 2.14. The fraction of sp³-hybridized carbons (Fsp3) is 0.579. The van der Waals surface area contributed by atoms with E-state index in [1.54, 1.807) is 0 Å². The van der Waals surface area contributed by atoms with Crippen molar-refractivity contribution in [1.29, 1.82) is 0 Å². The van der Waals surface area contributed by atoms with Gasteiger partial charge in [0.1, 0.15) is 5.75 Å². The molecule has 1 aromatic carbocycles. The number of unbranched alkanes of at least 4 members (excludes halogenated alkanes) is 3. The van der Waals surface area contributed by atoms with Crippen LogP contribution in [0.25, 0.3) is 0 Å². The van der Waals surface area contributed by atoms with Gasteiger partial charge in [0.25, 0.3) is 0 Å². The molecule has 0 aliphatic heterocycles. The zero-order valence-corrected chi connectivity index (χ0v) is 13.6. The summed E-state index contributed by atoms with van der Waals surface area (Å²) in [4.78, 5) is 0. The van der Waals surface area contributed by atoms with Crippen molar-refractivity contribution in [3.63, 3.8) is 0 Å². The normalized spacial score (nSPS) is 11.3. The first-order valence-electron chi connectivity index (χ1n) is 7.94. The summed E-state index contributed by atoms with van der Waals surface area (Å²) in [7, 11) is 0. The predicted octanol–water partition coefficient (Wildman–Crippen LogP) is 5.93. The number of benzene rings is 1. The second kappa shape index (κ2) is 8.14. The summed E-state index contributed by atoms with van der Waals surface area (Å²) < 4.78 is 0. The van der Waals surface area contributed by atoms with E-state index in [1.165, 1.54) is 24.8 Å². The zero-order chi connectivity index (χ0) is 15.1. The summed E-state index contributed by atoms with van der Waals surface area (Å²) in [5.74, 6) is 1.24. The van der Waals surface area contributed by atoms with Crippen molar-refractivity contribution in [2.24, 2.45) is 0 Å². The van der Waals surface area contributed by atoms with Gasteiger partial charge >= 0.3 is 0 Å². The van der Waals surface area contributed by atoms with E-state index < -0.39 is 0 Å². The van der Waals surface area contributed by atoms with Gasteiger partial charge in [0.15, 0.2) is 0 Å². The van der Waals surface area contributed by atoms with Gasteiger partial charge in [0, 0.05) is 0 Å². The Morgan fingerprint density at radius 1 is 1.00 bits per heavy atom. The van der Waals surface area contributed by atoms with Crippen molar-refractivity contribution in [3.8, 4) is 5.75 Å². The summed E-state index contributed by atoms with van der Waals surface area (Å²) >= 11 is 0. The smallest absolute Gasteiger partial charge is 0.122 e. The minimum Gasteiger partial charge on any atom is -0.507 e. The van der Waals surface area contributed by atoms with Crippen LogP contribution < -0.4 is 0 Å². The molecule has 0 aliphatic rings. The minimum absolute atomic E-state index is 0.369. The molecule has 0 radical (unpaired) electrons. The molecule has 0 aromatic heterocycles. The highest BCUT2D eigenvalue weighted by molar-refractivity contribution is 5.46. The molecular formula is C19H30O. The van der Waals surface area contributed by atoms with Crippen molar-refractivity contribution in [2.45, 2.75) is 71.6 Å². The summed E-state index contributed by atoms with van der Waals surface area (Å²) in [6, 6.07) is 4.39. The van der Waals surface area contributed by atoms with Gasteiger partial charge in [-0.25, -0.2) is 0 Å². The van der Waals surface area contributed by atoms with E-state index in [0.29, 0.717) is 17.6 Å². The van der Waals surface area contributed by atoms with Crippen molar-refractivity contribution < 1.29 is 5.11 Å². The molecular weight excluding hydrogens is 244 g/mol. The van der Waals surface area contributed by atoms with E-state index in [4.69, 9.17) is 0 Å². The number of aromatic hydroxyl groups is 1. The fourth-order valence-electron chi connectivity index (χ4n) is 2.56. The summed E-state index contributed by atoms with van der Waals surface area (Å²) in [5.41, 5.74) is 3.56. The van der Waals surface area contributed by atoms with Crippen LogP contribution in [0.2, 0.25) is 0 Å². The molecule has 20 heavy (non-hydrogen) atoms. The number of aryl methyl sites for hydroxylation is 1. The van der Waals surface area contributed by atoms with Crippen LogP contribution in [0.3, 0.4) is 0 Å². The Morgan fingerprint density at radius 2 is 1.55 bits per heavy atom. The lowest BCUT2D eigenvalue weighted by atomic mass is 9.90. The Morgan fingerprint density at radius 3 is 2.00 bits per heavy atom. The maximum Gasteiger partial charge on any atom is 0.122 e. The Hall–Kier alpha value is -1.24. The minimum atomic E-state index is 0.369. The molecule has 0 saturated heterocycles. The maximum absolute atomic E-state index is 10.4. The molecule has 0 heterocycles. The molecule has 1 nitrogen and oxygen atoms in total.